The molecule has 0 aliphatic carbocycles. The molecule has 0 aromatic carbocycles. The molecule has 20 nitrogen and oxygen atoms in total. The summed E-state index contributed by atoms with van der Waals surface area (Å²) in [6, 6.07) is 0. The highest BCUT2D eigenvalue weighted by Gasteiger charge is 2.43. The van der Waals surface area contributed by atoms with Gasteiger partial charge in [0.25, 0.3) is 0 Å². The highest BCUT2D eigenvalue weighted by Crippen LogP contribution is 2.37. The summed E-state index contributed by atoms with van der Waals surface area (Å²) in [5, 5.41) is 94.6. The molecular formula is C76H130O20. The maximum Gasteiger partial charge on any atom is 0.333 e. The van der Waals surface area contributed by atoms with E-state index >= 15 is 0 Å². The Hall–Kier alpha value is -3.00. The Morgan fingerprint density at radius 1 is 0.479 bits per heavy atom. The predicted molar refractivity (Wildman–Crippen MR) is 368 cm³/mol. The molecule has 5 rings (SSSR count). The van der Waals surface area contributed by atoms with Gasteiger partial charge in [0.15, 0.2) is 0 Å². The van der Waals surface area contributed by atoms with Crippen molar-refractivity contribution in [1.29, 1.82) is 0 Å². The van der Waals surface area contributed by atoms with E-state index in [2.05, 4.69) is 0 Å². The van der Waals surface area contributed by atoms with Crippen LogP contribution in [-0.4, -0.2) is 216 Å². The molecule has 8 N–H and O–H groups in total. The van der Waals surface area contributed by atoms with Crippen LogP contribution in [0.25, 0.3) is 0 Å². The summed E-state index contributed by atoms with van der Waals surface area (Å²) >= 11 is 0. The van der Waals surface area contributed by atoms with Crippen molar-refractivity contribution in [2.45, 2.75) is 333 Å². The van der Waals surface area contributed by atoms with E-state index in [1.807, 2.05) is 92.7 Å². The third-order valence-electron chi connectivity index (χ3n) is 22.1. The van der Waals surface area contributed by atoms with Gasteiger partial charge in [-0.05, 0) is 129 Å². The minimum absolute atomic E-state index is 0.0306. The van der Waals surface area contributed by atoms with Crippen molar-refractivity contribution in [3.63, 3.8) is 0 Å². The lowest BCUT2D eigenvalue weighted by Gasteiger charge is -2.38. The van der Waals surface area contributed by atoms with E-state index in [-0.39, 0.29) is 105 Å². The van der Waals surface area contributed by atoms with Crippen LogP contribution in [0.4, 0.5) is 0 Å². The molecule has 0 radical (unpaired) electrons. The van der Waals surface area contributed by atoms with Gasteiger partial charge in [-0.1, -0.05) is 103 Å². The molecule has 96 heavy (non-hydrogen) atoms. The van der Waals surface area contributed by atoms with Crippen LogP contribution in [0.15, 0.2) is 59.8 Å². The van der Waals surface area contributed by atoms with Gasteiger partial charge in [0.05, 0.1) is 122 Å². The van der Waals surface area contributed by atoms with Crippen molar-refractivity contribution >= 4 is 11.9 Å². The second kappa shape index (κ2) is 41.8. The van der Waals surface area contributed by atoms with Crippen molar-refractivity contribution in [1.82, 2.24) is 0 Å². The van der Waals surface area contributed by atoms with Gasteiger partial charge < -0.3 is 88.2 Å². The van der Waals surface area contributed by atoms with Gasteiger partial charge >= 0.3 is 11.9 Å². The number of aliphatic hydroxyl groups excluding tert-OH is 8. The first-order valence-corrected chi connectivity index (χ1v) is 36.4. The maximum atomic E-state index is 14.2. The summed E-state index contributed by atoms with van der Waals surface area (Å²) in [7, 11) is 6.57. The first-order valence-electron chi connectivity index (χ1n) is 36.4. The highest BCUT2D eigenvalue weighted by atomic mass is 16.6. The van der Waals surface area contributed by atoms with Gasteiger partial charge in [-0.2, -0.15) is 0 Å². The monoisotopic (exact) mass is 1360 g/mol. The van der Waals surface area contributed by atoms with E-state index < -0.39 is 133 Å². The SMILES string of the molecule is CO[C@H]1C[C@H](CC[C@H](C)[C@H](O)[C@H](C)[C@@H]2OC(=O)/C=C/C(C)=C/C[C@H](O)C[C@@H]3C=CC[C@@H](C[C@H](OC)[C@@H](C)[C@@H](O)C[C@@H](O)[C@H](C)[C@@H]([C@@H](C)[C@@H](O)[C@@H](C)CC[C@H]4C[C@H](OC)C[C@H](C)O4)OC(=O)/C(C)=C\C[C@H](O)C[C@@H]4C=CC[C@@H](C[C@H](OC)[C@@H](C)[C@@H](O)C[C@@H](O)[C@@H]2C)O4)O3)O[C@@H](C)C1. The summed E-state index contributed by atoms with van der Waals surface area (Å²) in [4.78, 5) is 28.1. The quantitative estimate of drug-likeness (QED) is 0.0527. The maximum absolute atomic E-state index is 14.2. The van der Waals surface area contributed by atoms with Crippen LogP contribution < -0.4 is 0 Å². The molecule has 0 unspecified atom stereocenters. The Morgan fingerprint density at radius 2 is 0.885 bits per heavy atom. The summed E-state index contributed by atoms with van der Waals surface area (Å²) in [6.45, 7) is 22.3. The molecule has 554 valence electrons. The zero-order valence-electron chi connectivity index (χ0n) is 61.1. The molecule has 2 saturated heterocycles. The van der Waals surface area contributed by atoms with Gasteiger partial charge in [0.2, 0.25) is 0 Å². The number of esters is 2. The number of hydrogen-bond acceptors (Lipinski definition) is 20. The lowest BCUT2D eigenvalue weighted by Crippen LogP contribution is -2.46. The number of carbonyl (C=O) groups excluding carboxylic acids is 2. The third-order valence-corrected chi connectivity index (χ3v) is 22.1. The zero-order valence-corrected chi connectivity index (χ0v) is 61.1. The number of rotatable bonds is 16. The first-order chi connectivity index (χ1) is 45.4. The molecule has 0 spiro atoms. The molecule has 2 fully saturated rings. The normalized spacial score (nSPS) is 41.2. The summed E-state index contributed by atoms with van der Waals surface area (Å²) in [5.74, 6) is -5.57. The third kappa shape index (κ3) is 26.7. The van der Waals surface area contributed by atoms with Crippen LogP contribution in [0.1, 0.15) is 199 Å². The Balaban J connectivity index is 1.37. The molecule has 5 aliphatic rings. The van der Waals surface area contributed by atoms with Crippen LogP contribution >= 0.6 is 0 Å². The first kappa shape index (κ1) is 83.7. The summed E-state index contributed by atoms with van der Waals surface area (Å²) < 4.78 is 61.4. The fourth-order valence-electron chi connectivity index (χ4n) is 15.2. The molecule has 0 amide bonds. The molecule has 5 aliphatic heterocycles. The van der Waals surface area contributed by atoms with Crippen LogP contribution in [-0.2, 0) is 57.0 Å². The molecule has 0 aromatic heterocycles. The average Bonchev–Trinajstić information content (AvgIpc) is 0.856. The van der Waals surface area contributed by atoms with E-state index in [0.717, 1.165) is 25.7 Å². The molecule has 0 aromatic rings. The van der Waals surface area contributed by atoms with Crippen molar-refractivity contribution < 1.29 is 97.8 Å². The number of fused-ring (bicyclic) bond motifs is 4. The van der Waals surface area contributed by atoms with E-state index in [0.29, 0.717) is 56.9 Å². The number of methoxy groups -OCH3 is 4. The second-order valence-corrected chi connectivity index (χ2v) is 29.9. The molecule has 5 heterocycles. The van der Waals surface area contributed by atoms with Gasteiger partial charge in [0, 0.05) is 101 Å². The zero-order chi connectivity index (χ0) is 71.1. The molecule has 0 saturated carbocycles. The van der Waals surface area contributed by atoms with Crippen molar-refractivity contribution in [2.75, 3.05) is 28.4 Å². The number of allylic oxidation sites excluding steroid dienone is 2. The lowest BCUT2D eigenvalue weighted by molar-refractivity contribution is -0.159. The van der Waals surface area contributed by atoms with Crippen LogP contribution in [0.5, 0.6) is 0 Å². The minimum atomic E-state index is -1.18. The Kier molecular flexibility index (Phi) is 36.4. The summed E-state index contributed by atoms with van der Waals surface area (Å²) in [6.07, 6.45) is 10.3. The largest absolute Gasteiger partial charge is 0.458 e. The van der Waals surface area contributed by atoms with Crippen LogP contribution in [0, 0.1) is 47.3 Å². The van der Waals surface area contributed by atoms with Gasteiger partial charge in [-0.25, -0.2) is 9.59 Å². The Morgan fingerprint density at radius 3 is 1.30 bits per heavy atom. The molecule has 30 atom stereocenters. The Labute approximate surface area is 575 Å². The van der Waals surface area contributed by atoms with E-state index in [9.17, 15) is 50.4 Å². The van der Waals surface area contributed by atoms with E-state index in [1.165, 1.54) is 6.08 Å². The minimum Gasteiger partial charge on any atom is -0.458 e. The van der Waals surface area contributed by atoms with E-state index in [1.54, 1.807) is 61.4 Å². The van der Waals surface area contributed by atoms with Crippen molar-refractivity contribution in [3.05, 3.63) is 59.8 Å². The average molecular weight is 1360 g/mol. The number of carbonyl (C=O) groups is 2. The predicted octanol–water partition coefficient (Wildman–Crippen LogP) is 9.55. The van der Waals surface area contributed by atoms with E-state index in [4.69, 9.17) is 47.4 Å². The van der Waals surface area contributed by atoms with Crippen molar-refractivity contribution in [3.8, 4) is 0 Å². The Bertz CT molecular complexity index is 2400. The van der Waals surface area contributed by atoms with Gasteiger partial charge in [0.1, 0.15) is 12.2 Å². The number of aliphatic hydroxyl groups is 8. The van der Waals surface area contributed by atoms with Crippen LogP contribution in [0.2, 0.25) is 0 Å². The lowest BCUT2D eigenvalue weighted by atomic mass is 9.78. The van der Waals surface area contributed by atoms with Crippen molar-refractivity contribution in [2.24, 2.45) is 47.3 Å². The molecular weight excluding hydrogens is 1230 g/mol. The second-order valence-electron chi connectivity index (χ2n) is 29.9. The topological polar surface area (TPSA) is 288 Å². The highest BCUT2D eigenvalue weighted by molar-refractivity contribution is 5.87. The number of ether oxygens (including phenoxy) is 10. The summed E-state index contributed by atoms with van der Waals surface area (Å²) in [5.41, 5.74) is 0.927. The van der Waals surface area contributed by atoms with Gasteiger partial charge in [-0.3, -0.25) is 0 Å². The fourth-order valence-corrected chi connectivity index (χ4v) is 15.2. The fraction of sp³-hybridized carbons (Fsp3) is 0.842. The van der Waals surface area contributed by atoms with Crippen LogP contribution in [0.3, 0.4) is 0 Å². The van der Waals surface area contributed by atoms with Gasteiger partial charge in [-0.15, -0.1) is 0 Å². The molecule has 4 bridgehead atoms. The molecule has 20 heteroatoms. The number of cyclic esters (lactones) is 2. The number of hydrogen-bond donors (Lipinski definition) is 8. The smallest absolute Gasteiger partial charge is 0.333 e. The standard InChI is InChI=1S/C76H130O20/c1-43-23-28-55(77)35-57-19-17-21-59(93-57)39-70(90-16)50(8)66(80)42-68(82)52(10)75(54(12)73(85)45(3)27-31-62-38-64(88-14)34-48(6)92-62)96-76(86)46(4)25-29-56(78)36-58-20-18-22-60(94-58)40-69(89-15)49(7)65(79)41-67(81)51(9)74(95-71(83)32-24-43)53(11)72(84)44(2)26-30-61-37-63(87-13)33-47(5)91-61/h17-20,23-25,32,44-45,47-70,72-75,77-82,84-85H,21-22,26-31,33-42H2,1-16H3/b32-24+,43-23+,46-25-/t44-,45-,47-,48-,49-,50-,51-,52-,53-,54-,55-,56-,57-,58-,59-,60-,61-,62-,63+,64+,65-,66-,67+,68+,69-,70-,72-,73-,74+,75-/m0/s1.